The molecule has 0 aromatic carbocycles. The molecule has 0 spiro atoms. The lowest BCUT2D eigenvalue weighted by Crippen LogP contribution is -2.46. The second kappa shape index (κ2) is 6.25. The summed E-state index contributed by atoms with van der Waals surface area (Å²) >= 11 is 0. The predicted octanol–water partition coefficient (Wildman–Crippen LogP) is 3.56. The molecular weight excluding hydrogens is 240 g/mol. The van der Waals surface area contributed by atoms with Gasteiger partial charge < -0.3 is 9.47 Å². The van der Waals surface area contributed by atoms with Gasteiger partial charge in [0.1, 0.15) is 0 Å². The fourth-order valence-corrected chi connectivity index (χ4v) is 4.01. The molecule has 2 unspecified atom stereocenters. The van der Waals surface area contributed by atoms with Crippen LogP contribution < -0.4 is 0 Å². The molecular formula is C16H28O3. The molecule has 0 aliphatic heterocycles. The highest BCUT2D eigenvalue weighted by molar-refractivity contribution is 5.78. The van der Waals surface area contributed by atoms with Crippen molar-refractivity contribution in [3.05, 3.63) is 0 Å². The van der Waals surface area contributed by atoms with Crippen LogP contribution in [0.15, 0.2) is 0 Å². The summed E-state index contributed by atoms with van der Waals surface area (Å²) in [5, 5.41) is 0. The third kappa shape index (κ3) is 2.81. The lowest BCUT2D eigenvalue weighted by atomic mass is 9.71. The summed E-state index contributed by atoms with van der Waals surface area (Å²) in [5.74, 6) is 0.879. The molecule has 2 fully saturated rings. The molecule has 0 saturated heterocycles. The van der Waals surface area contributed by atoms with Gasteiger partial charge in [0.05, 0.1) is 18.1 Å². The van der Waals surface area contributed by atoms with E-state index in [1.54, 1.807) is 7.11 Å². The Morgan fingerprint density at radius 3 is 2.47 bits per heavy atom. The van der Waals surface area contributed by atoms with E-state index < -0.39 is 0 Å². The number of carbonyl (C=O) groups is 1. The van der Waals surface area contributed by atoms with Gasteiger partial charge >= 0.3 is 5.97 Å². The molecule has 0 aromatic rings. The summed E-state index contributed by atoms with van der Waals surface area (Å²) in [6, 6.07) is 0. The fourth-order valence-electron chi connectivity index (χ4n) is 4.01. The molecule has 3 heteroatoms. The van der Waals surface area contributed by atoms with E-state index in [1.165, 1.54) is 12.8 Å². The fraction of sp³-hybridized carbons (Fsp3) is 0.938. The Bertz CT molecular complexity index is 307. The van der Waals surface area contributed by atoms with E-state index in [2.05, 4.69) is 13.8 Å². The second-order valence-electron chi connectivity index (χ2n) is 6.63. The zero-order valence-electron chi connectivity index (χ0n) is 12.6. The standard InChI is InChI=1S/C16H28O3/c1-12(2)11-19-15(17)16(13-7-4-5-8-13)10-6-9-14(16)18-3/h12-14H,4-11H2,1-3H3. The Morgan fingerprint density at radius 1 is 1.21 bits per heavy atom. The van der Waals surface area contributed by atoms with Crippen LogP contribution in [0.25, 0.3) is 0 Å². The molecule has 3 nitrogen and oxygen atoms in total. The third-order valence-electron chi connectivity index (χ3n) is 4.93. The minimum Gasteiger partial charge on any atom is -0.465 e. The normalized spacial score (nSPS) is 32.1. The van der Waals surface area contributed by atoms with E-state index in [1.807, 2.05) is 0 Å². The van der Waals surface area contributed by atoms with E-state index in [-0.39, 0.29) is 17.5 Å². The average Bonchev–Trinajstić information content (AvgIpc) is 3.04. The van der Waals surface area contributed by atoms with Crippen LogP contribution >= 0.6 is 0 Å². The predicted molar refractivity (Wildman–Crippen MR) is 74.8 cm³/mol. The molecule has 2 saturated carbocycles. The Kier molecular flexibility index (Phi) is 4.88. The molecule has 0 bridgehead atoms. The molecule has 0 heterocycles. The van der Waals surface area contributed by atoms with Crippen molar-refractivity contribution in [3.63, 3.8) is 0 Å². The van der Waals surface area contributed by atoms with Crippen LogP contribution in [0.3, 0.4) is 0 Å². The zero-order chi connectivity index (χ0) is 13.9. The molecule has 19 heavy (non-hydrogen) atoms. The van der Waals surface area contributed by atoms with Crippen molar-refractivity contribution in [2.24, 2.45) is 17.3 Å². The summed E-state index contributed by atoms with van der Waals surface area (Å²) in [4.78, 5) is 12.7. The Labute approximate surface area is 117 Å². The zero-order valence-corrected chi connectivity index (χ0v) is 12.6. The van der Waals surface area contributed by atoms with Gasteiger partial charge in [0.25, 0.3) is 0 Å². The van der Waals surface area contributed by atoms with E-state index in [0.29, 0.717) is 18.4 Å². The van der Waals surface area contributed by atoms with Crippen LogP contribution in [0.4, 0.5) is 0 Å². The molecule has 110 valence electrons. The van der Waals surface area contributed by atoms with E-state index in [4.69, 9.17) is 9.47 Å². The minimum absolute atomic E-state index is 0.0115. The van der Waals surface area contributed by atoms with Gasteiger partial charge in [-0.05, 0) is 43.9 Å². The van der Waals surface area contributed by atoms with Crippen LogP contribution in [0.2, 0.25) is 0 Å². The summed E-state index contributed by atoms with van der Waals surface area (Å²) in [7, 11) is 1.75. The number of methoxy groups -OCH3 is 1. The Morgan fingerprint density at radius 2 is 1.89 bits per heavy atom. The van der Waals surface area contributed by atoms with Crippen molar-refractivity contribution < 1.29 is 14.3 Å². The highest BCUT2D eigenvalue weighted by atomic mass is 16.5. The van der Waals surface area contributed by atoms with Gasteiger partial charge in [-0.1, -0.05) is 26.7 Å². The first-order valence-electron chi connectivity index (χ1n) is 7.81. The molecule has 2 atom stereocenters. The SMILES string of the molecule is COC1CCCC1(C(=O)OCC(C)C)C1CCCC1. The van der Waals surface area contributed by atoms with Gasteiger partial charge in [0.2, 0.25) is 0 Å². The van der Waals surface area contributed by atoms with Gasteiger partial charge in [-0.3, -0.25) is 4.79 Å². The van der Waals surface area contributed by atoms with Gasteiger partial charge in [-0.2, -0.15) is 0 Å². The molecule has 0 aromatic heterocycles. The third-order valence-corrected chi connectivity index (χ3v) is 4.93. The average molecular weight is 268 g/mol. The quantitative estimate of drug-likeness (QED) is 0.715. The van der Waals surface area contributed by atoms with E-state index >= 15 is 0 Å². The second-order valence-corrected chi connectivity index (χ2v) is 6.63. The van der Waals surface area contributed by atoms with Crippen LogP contribution in [0, 0.1) is 17.3 Å². The summed E-state index contributed by atoms with van der Waals surface area (Å²) < 4.78 is 11.3. The number of esters is 1. The number of hydrogen-bond acceptors (Lipinski definition) is 3. The molecule has 2 rings (SSSR count). The Hall–Kier alpha value is -0.570. The van der Waals surface area contributed by atoms with Crippen molar-refractivity contribution in [3.8, 4) is 0 Å². The lowest BCUT2D eigenvalue weighted by molar-refractivity contribution is -0.169. The first-order chi connectivity index (χ1) is 9.11. The van der Waals surface area contributed by atoms with Gasteiger partial charge in [0.15, 0.2) is 0 Å². The highest BCUT2D eigenvalue weighted by Gasteiger charge is 2.56. The van der Waals surface area contributed by atoms with Gasteiger partial charge in [-0.15, -0.1) is 0 Å². The number of hydrogen-bond donors (Lipinski definition) is 0. The smallest absolute Gasteiger partial charge is 0.315 e. The van der Waals surface area contributed by atoms with E-state index in [0.717, 1.165) is 32.1 Å². The summed E-state index contributed by atoms with van der Waals surface area (Å²) in [5.41, 5.74) is -0.347. The van der Waals surface area contributed by atoms with Crippen LogP contribution in [0.5, 0.6) is 0 Å². The number of rotatable bonds is 5. The molecule has 0 amide bonds. The maximum Gasteiger partial charge on any atom is 0.315 e. The van der Waals surface area contributed by atoms with Crippen molar-refractivity contribution >= 4 is 5.97 Å². The first kappa shape index (κ1) is 14.8. The number of carbonyl (C=O) groups excluding carboxylic acids is 1. The first-order valence-corrected chi connectivity index (χ1v) is 7.81. The van der Waals surface area contributed by atoms with Crippen molar-refractivity contribution in [1.29, 1.82) is 0 Å². The van der Waals surface area contributed by atoms with Crippen LogP contribution in [0.1, 0.15) is 58.8 Å². The lowest BCUT2D eigenvalue weighted by Gasteiger charge is -2.37. The van der Waals surface area contributed by atoms with E-state index in [9.17, 15) is 4.79 Å². The number of ether oxygens (including phenoxy) is 2. The summed E-state index contributed by atoms with van der Waals surface area (Å²) in [6.07, 6.45) is 7.94. The molecule has 2 aliphatic rings. The van der Waals surface area contributed by atoms with Crippen molar-refractivity contribution in [2.45, 2.75) is 64.9 Å². The van der Waals surface area contributed by atoms with Gasteiger partial charge in [-0.25, -0.2) is 0 Å². The topological polar surface area (TPSA) is 35.5 Å². The maximum atomic E-state index is 12.7. The Balaban J connectivity index is 2.16. The molecule has 2 aliphatic carbocycles. The van der Waals surface area contributed by atoms with Gasteiger partial charge in [0, 0.05) is 7.11 Å². The van der Waals surface area contributed by atoms with Crippen molar-refractivity contribution in [1.82, 2.24) is 0 Å². The van der Waals surface area contributed by atoms with Crippen molar-refractivity contribution in [2.75, 3.05) is 13.7 Å². The largest absolute Gasteiger partial charge is 0.465 e. The monoisotopic (exact) mass is 268 g/mol. The van der Waals surface area contributed by atoms with Crippen LogP contribution in [-0.4, -0.2) is 25.8 Å². The van der Waals surface area contributed by atoms with Crippen LogP contribution in [-0.2, 0) is 14.3 Å². The highest BCUT2D eigenvalue weighted by Crippen LogP contribution is 2.52. The minimum atomic E-state index is -0.347. The molecule has 0 radical (unpaired) electrons. The molecule has 0 N–H and O–H groups in total. The summed E-state index contributed by atoms with van der Waals surface area (Å²) in [6.45, 7) is 4.69. The maximum absolute atomic E-state index is 12.7.